The Morgan fingerprint density at radius 2 is 2.15 bits per heavy atom. The Morgan fingerprint density at radius 3 is 2.95 bits per heavy atom. The highest BCUT2D eigenvalue weighted by Gasteiger charge is 2.39. The second kappa shape index (κ2) is 4.53. The van der Waals surface area contributed by atoms with Crippen LogP contribution in [-0.2, 0) is 5.41 Å². The van der Waals surface area contributed by atoms with Gasteiger partial charge in [0.25, 0.3) is 0 Å². The van der Waals surface area contributed by atoms with E-state index in [2.05, 4.69) is 39.2 Å². The van der Waals surface area contributed by atoms with Gasteiger partial charge in [-0.1, -0.05) is 18.2 Å². The van der Waals surface area contributed by atoms with Gasteiger partial charge >= 0.3 is 0 Å². The number of pyridine rings is 2. The standard InChI is InChI=1S/C17H17N3/c1-3-14(11-18-8-1)16-5-4-15(12-19-16)17-6-2-9-20(13-17)10-7-17/h1-6,8,11-12H,7,9-10,13H2. The molecule has 0 spiro atoms. The van der Waals surface area contributed by atoms with Gasteiger partial charge in [-0.3, -0.25) is 14.9 Å². The van der Waals surface area contributed by atoms with Crippen molar-refractivity contribution in [1.82, 2.24) is 14.9 Å². The first kappa shape index (κ1) is 11.8. The van der Waals surface area contributed by atoms with Crippen molar-refractivity contribution in [1.29, 1.82) is 0 Å². The van der Waals surface area contributed by atoms with Gasteiger partial charge in [-0.05, 0) is 36.7 Å². The lowest BCUT2D eigenvalue weighted by atomic mass is 9.79. The van der Waals surface area contributed by atoms with Crippen molar-refractivity contribution < 1.29 is 0 Å². The summed E-state index contributed by atoms with van der Waals surface area (Å²) in [5.41, 5.74) is 3.60. The van der Waals surface area contributed by atoms with Gasteiger partial charge < -0.3 is 0 Å². The van der Waals surface area contributed by atoms with Gasteiger partial charge in [-0.25, -0.2) is 0 Å². The molecule has 0 aromatic carbocycles. The van der Waals surface area contributed by atoms with Crippen LogP contribution in [0.15, 0.2) is 55.0 Å². The third kappa shape index (κ3) is 1.86. The summed E-state index contributed by atoms with van der Waals surface area (Å²) in [5, 5.41) is 0. The third-order valence-corrected chi connectivity index (χ3v) is 4.48. The van der Waals surface area contributed by atoms with E-state index in [9.17, 15) is 0 Å². The van der Waals surface area contributed by atoms with Crippen LogP contribution in [0.4, 0.5) is 0 Å². The van der Waals surface area contributed by atoms with Crippen molar-refractivity contribution in [3.8, 4) is 11.3 Å². The number of fused-ring (bicyclic) bond motifs is 2. The Hall–Kier alpha value is -2.00. The molecule has 100 valence electrons. The summed E-state index contributed by atoms with van der Waals surface area (Å²) in [6.07, 6.45) is 11.6. The van der Waals surface area contributed by atoms with Crippen LogP contribution in [0, 0.1) is 0 Å². The van der Waals surface area contributed by atoms with Gasteiger partial charge in [0.2, 0.25) is 0 Å². The van der Waals surface area contributed by atoms with Crippen LogP contribution in [0.3, 0.4) is 0 Å². The fraction of sp³-hybridized carbons (Fsp3) is 0.294. The Labute approximate surface area is 119 Å². The maximum Gasteiger partial charge on any atom is 0.0717 e. The zero-order chi connectivity index (χ0) is 13.4. The van der Waals surface area contributed by atoms with E-state index in [1.165, 1.54) is 18.5 Å². The molecule has 0 aliphatic carbocycles. The molecule has 0 N–H and O–H groups in total. The van der Waals surface area contributed by atoms with E-state index in [1.807, 2.05) is 24.5 Å². The minimum absolute atomic E-state index is 0.193. The van der Waals surface area contributed by atoms with Crippen molar-refractivity contribution in [3.05, 3.63) is 60.6 Å². The largest absolute Gasteiger partial charge is 0.298 e. The molecule has 2 aliphatic heterocycles. The van der Waals surface area contributed by atoms with Gasteiger partial charge in [-0.2, -0.15) is 0 Å². The number of rotatable bonds is 2. The molecule has 4 heterocycles. The molecule has 2 aromatic heterocycles. The van der Waals surface area contributed by atoms with E-state index in [0.29, 0.717) is 0 Å². The molecule has 3 nitrogen and oxygen atoms in total. The maximum atomic E-state index is 4.64. The van der Waals surface area contributed by atoms with Crippen molar-refractivity contribution >= 4 is 0 Å². The molecular weight excluding hydrogens is 246 g/mol. The molecule has 2 aliphatic rings. The van der Waals surface area contributed by atoms with Crippen LogP contribution in [0.5, 0.6) is 0 Å². The highest BCUT2D eigenvalue weighted by Crippen LogP contribution is 2.38. The number of hydrogen-bond donors (Lipinski definition) is 0. The molecular formula is C17H17N3. The SMILES string of the molecule is C1=CC2(c3ccc(-c4cccnc4)nc3)CCN(C1)C2. The fourth-order valence-electron chi connectivity index (χ4n) is 3.34. The molecule has 20 heavy (non-hydrogen) atoms. The number of hydrogen-bond acceptors (Lipinski definition) is 3. The molecule has 3 heteroatoms. The lowest BCUT2D eigenvalue weighted by Crippen LogP contribution is -2.33. The average Bonchev–Trinajstić information content (AvgIpc) is 2.84. The van der Waals surface area contributed by atoms with E-state index in [-0.39, 0.29) is 5.41 Å². The maximum absolute atomic E-state index is 4.64. The topological polar surface area (TPSA) is 29.0 Å². The van der Waals surface area contributed by atoms with E-state index in [0.717, 1.165) is 24.3 Å². The summed E-state index contributed by atoms with van der Waals surface area (Å²) in [5.74, 6) is 0. The van der Waals surface area contributed by atoms with E-state index >= 15 is 0 Å². The first-order valence-corrected chi connectivity index (χ1v) is 7.13. The summed E-state index contributed by atoms with van der Waals surface area (Å²) in [6.45, 7) is 3.43. The molecule has 1 fully saturated rings. The van der Waals surface area contributed by atoms with Crippen molar-refractivity contribution in [3.63, 3.8) is 0 Å². The second-order valence-electron chi connectivity index (χ2n) is 5.72. The summed E-state index contributed by atoms with van der Waals surface area (Å²) in [4.78, 5) is 11.3. The monoisotopic (exact) mass is 263 g/mol. The Morgan fingerprint density at radius 1 is 1.15 bits per heavy atom. The van der Waals surface area contributed by atoms with Crippen LogP contribution >= 0.6 is 0 Å². The fourth-order valence-corrected chi connectivity index (χ4v) is 3.34. The summed E-state index contributed by atoms with van der Waals surface area (Å²) in [7, 11) is 0. The van der Waals surface area contributed by atoms with E-state index < -0.39 is 0 Å². The van der Waals surface area contributed by atoms with Crippen molar-refractivity contribution in [2.45, 2.75) is 11.8 Å². The summed E-state index contributed by atoms with van der Waals surface area (Å²) < 4.78 is 0. The third-order valence-electron chi connectivity index (χ3n) is 4.48. The van der Waals surface area contributed by atoms with Crippen molar-refractivity contribution in [2.75, 3.05) is 19.6 Å². The predicted molar refractivity (Wildman–Crippen MR) is 79.3 cm³/mol. The van der Waals surface area contributed by atoms with Crippen LogP contribution in [0.1, 0.15) is 12.0 Å². The van der Waals surface area contributed by atoms with E-state index in [4.69, 9.17) is 0 Å². The van der Waals surface area contributed by atoms with Gasteiger partial charge in [0.1, 0.15) is 0 Å². The molecule has 2 bridgehead atoms. The zero-order valence-electron chi connectivity index (χ0n) is 11.4. The molecule has 2 atom stereocenters. The summed E-state index contributed by atoms with van der Waals surface area (Å²) >= 11 is 0. The average molecular weight is 263 g/mol. The van der Waals surface area contributed by atoms with Gasteiger partial charge in [0.15, 0.2) is 0 Å². The highest BCUT2D eigenvalue weighted by atomic mass is 15.2. The van der Waals surface area contributed by atoms with E-state index in [1.54, 1.807) is 6.20 Å². The molecule has 0 amide bonds. The van der Waals surface area contributed by atoms with Crippen LogP contribution in [-0.4, -0.2) is 34.5 Å². The number of nitrogens with zero attached hydrogens (tertiary/aromatic N) is 3. The molecule has 0 saturated carbocycles. The minimum atomic E-state index is 0.193. The molecule has 4 rings (SSSR count). The second-order valence-corrected chi connectivity index (χ2v) is 5.72. The highest BCUT2D eigenvalue weighted by molar-refractivity contribution is 5.58. The van der Waals surface area contributed by atoms with Crippen LogP contribution in [0.25, 0.3) is 11.3 Å². The number of aromatic nitrogens is 2. The quantitative estimate of drug-likeness (QED) is 0.780. The minimum Gasteiger partial charge on any atom is -0.298 e. The lowest BCUT2D eigenvalue weighted by molar-refractivity contribution is 0.345. The normalized spacial score (nSPS) is 27.7. The predicted octanol–water partition coefficient (Wildman–Crippen LogP) is 2.66. The van der Waals surface area contributed by atoms with Gasteiger partial charge in [-0.15, -0.1) is 0 Å². The first-order valence-electron chi connectivity index (χ1n) is 7.13. The first-order chi connectivity index (χ1) is 9.86. The lowest BCUT2D eigenvalue weighted by Gasteiger charge is -2.29. The van der Waals surface area contributed by atoms with Gasteiger partial charge in [0.05, 0.1) is 5.69 Å². The zero-order valence-corrected chi connectivity index (χ0v) is 11.4. The Bertz CT molecular complexity index is 633. The molecule has 1 saturated heterocycles. The van der Waals surface area contributed by atoms with Crippen LogP contribution in [0.2, 0.25) is 0 Å². The molecule has 2 unspecified atom stereocenters. The van der Waals surface area contributed by atoms with Crippen LogP contribution < -0.4 is 0 Å². The van der Waals surface area contributed by atoms with Crippen molar-refractivity contribution in [2.24, 2.45) is 0 Å². The summed E-state index contributed by atoms with van der Waals surface area (Å²) in [6, 6.07) is 8.34. The smallest absolute Gasteiger partial charge is 0.0717 e. The van der Waals surface area contributed by atoms with Gasteiger partial charge in [0, 0.05) is 42.7 Å². The Balaban J connectivity index is 1.68. The molecule has 2 aromatic rings. The Kier molecular flexibility index (Phi) is 2.67. The molecule has 0 radical (unpaired) electrons.